The Kier molecular flexibility index (Phi) is 7.09. The van der Waals surface area contributed by atoms with Crippen LogP contribution in [0.1, 0.15) is 0 Å². The highest BCUT2D eigenvalue weighted by atomic mass is 16.5. The largest absolute Gasteiger partial charge is 0.497 e. The summed E-state index contributed by atoms with van der Waals surface area (Å²) in [4.78, 5) is 64.1. The van der Waals surface area contributed by atoms with Crippen LogP contribution < -0.4 is 46.8 Å². The van der Waals surface area contributed by atoms with Gasteiger partial charge >= 0.3 is 0 Å². The van der Waals surface area contributed by atoms with E-state index in [2.05, 4.69) is 20.6 Å². The predicted octanol–water partition coefficient (Wildman–Crippen LogP) is 4.56. The number of rotatable bonds is 8. The van der Waals surface area contributed by atoms with Crippen molar-refractivity contribution in [3.05, 3.63) is 126 Å². The lowest BCUT2D eigenvalue weighted by atomic mass is 10.0. The Morgan fingerprint density at radius 1 is 0.532 bits per heavy atom. The van der Waals surface area contributed by atoms with Crippen molar-refractivity contribution in [2.24, 2.45) is 0 Å². The molecule has 0 aliphatic heterocycles. The molecule has 0 spiro atoms. The monoisotopic (exact) mass is 627 g/mol. The van der Waals surface area contributed by atoms with Crippen LogP contribution in [0.5, 0.6) is 17.2 Å². The molecular weight excluding hydrogens is 602 g/mol. The van der Waals surface area contributed by atoms with Gasteiger partial charge in [-0.05, 0) is 48.5 Å². The van der Waals surface area contributed by atoms with Gasteiger partial charge in [0.05, 0.1) is 37.8 Å². The van der Waals surface area contributed by atoms with Gasteiger partial charge in [-0.25, -0.2) is 14.5 Å². The lowest BCUT2D eigenvalue weighted by Crippen LogP contribution is -2.23. The van der Waals surface area contributed by atoms with Crippen molar-refractivity contribution in [1.29, 1.82) is 0 Å². The first kappa shape index (κ1) is 29.2. The summed E-state index contributed by atoms with van der Waals surface area (Å²) in [6.45, 7) is 0. The summed E-state index contributed by atoms with van der Waals surface area (Å²) in [5, 5.41) is 6.23. The van der Waals surface area contributed by atoms with E-state index in [0.29, 0.717) is 34.3 Å². The van der Waals surface area contributed by atoms with Crippen LogP contribution in [0.25, 0.3) is 38.3 Å². The molecule has 2 heterocycles. The molecule has 0 atom stereocenters. The SMILES string of the molecule is COc1cccc(Nc2nc3c(=O)c4cc5c(=O)n(-c6cccc(OC)c6)c(=O)c5cc4c(=O)c3nc2Nc2cccc(OC)c2)c1. The minimum Gasteiger partial charge on any atom is -0.497 e. The summed E-state index contributed by atoms with van der Waals surface area (Å²) in [5.74, 6) is 1.93. The van der Waals surface area contributed by atoms with E-state index in [1.165, 1.54) is 19.2 Å². The van der Waals surface area contributed by atoms with E-state index in [4.69, 9.17) is 14.2 Å². The average Bonchev–Trinajstić information content (AvgIpc) is 3.35. The van der Waals surface area contributed by atoms with Gasteiger partial charge in [0.15, 0.2) is 11.6 Å². The van der Waals surface area contributed by atoms with Crippen molar-refractivity contribution in [3.63, 3.8) is 0 Å². The number of fused-ring (bicyclic) bond motifs is 3. The van der Waals surface area contributed by atoms with Crippen molar-refractivity contribution in [2.75, 3.05) is 32.0 Å². The lowest BCUT2D eigenvalue weighted by Gasteiger charge is -2.14. The summed E-state index contributed by atoms with van der Waals surface area (Å²) < 4.78 is 16.9. The smallest absolute Gasteiger partial charge is 0.266 e. The summed E-state index contributed by atoms with van der Waals surface area (Å²) in [5.41, 5.74) is -1.44. The lowest BCUT2D eigenvalue weighted by molar-refractivity contribution is 0.414. The van der Waals surface area contributed by atoms with E-state index in [-0.39, 0.29) is 44.2 Å². The molecule has 7 rings (SSSR count). The number of nitrogens with zero attached hydrogens (tertiary/aromatic N) is 3. The predicted molar refractivity (Wildman–Crippen MR) is 180 cm³/mol. The van der Waals surface area contributed by atoms with E-state index in [9.17, 15) is 19.2 Å². The summed E-state index contributed by atoms with van der Waals surface area (Å²) in [6.07, 6.45) is 0. The second-order valence-corrected chi connectivity index (χ2v) is 10.6. The second kappa shape index (κ2) is 11.4. The third-order valence-corrected chi connectivity index (χ3v) is 7.82. The molecule has 12 nitrogen and oxygen atoms in total. The van der Waals surface area contributed by atoms with Crippen LogP contribution in [0.2, 0.25) is 0 Å². The Morgan fingerprint density at radius 2 is 0.957 bits per heavy atom. The van der Waals surface area contributed by atoms with Crippen molar-refractivity contribution in [2.45, 2.75) is 0 Å². The van der Waals surface area contributed by atoms with Crippen LogP contribution in [0, 0.1) is 0 Å². The Morgan fingerprint density at radius 3 is 1.40 bits per heavy atom. The summed E-state index contributed by atoms with van der Waals surface area (Å²) >= 11 is 0. The molecule has 2 aromatic heterocycles. The van der Waals surface area contributed by atoms with E-state index >= 15 is 0 Å². The van der Waals surface area contributed by atoms with Crippen molar-refractivity contribution < 1.29 is 14.2 Å². The topological polar surface area (TPSA) is 151 Å². The van der Waals surface area contributed by atoms with Crippen molar-refractivity contribution in [3.8, 4) is 22.9 Å². The minimum atomic E-state index is -0.628. The summed E-state index contributed by atoms with van der Waals surface area (Å²) in [6, 6.07) is 23.2. The number of benzene rings is 5. The van der Waals surface area contributed by atoms with Crippen LogP contribution in [-0.2, 0) is 0 Å². The quantitative estimate of drug-likeness (QED) is 0.228. The third-order valence-electron chi connectivity index (χ3n) is 7.82. The Bertz CT molecular complexity index is 2440. The molecule has 7 aromatic rings. The fraction of sp³-hybridized carbons (Fsp3) is 0.0857. The van der Waals surface area contributed by atoms with Gasteiger partial charge in [-0.2, -0.15) is 0 Å². The van der Waals surface area contributed by atoms with Gasteiger partial charge in [-0.1, -0.05) is 18.2 Å². The van der Waals surface area contributed by atoms with Crippen molar-refractivity contribution >= 4 is 55.6 Å². The van der Waals surface area contributed by atoms with Gasteiger partial charge in [0.25, 0.3) is 11.1 Å². The van der Waals surface area contributed by atoms with Crippen LogP contribution in [-0.4, -0.2) is 35.9 Å². The first-order chi connectivity index (χ1) is 22.8. The molecule has 0 fully saturated rings. The fourth-order valence-corrected chi connectivity index (χ4v) is 5.50. The molecule has 0 aliphatic carbocycles. The molecule has 0 radical (unpaired) electrons. The van der Waals surface area contributed by atoms with E-state index in [0.717, 1.165) is 4.57 Å². The average molecular weight is 628 g/mol. The zero-order valence-corrected chi connectivity index (χ0v) is 25.3. The normalized spacial score (nSPS) is 11.2. The highest BCUT2D eigenvalue weighted by Crippen LogP contribution is 2.30. The van der Waals surface area contributed by atoms with Crippen LogP contribution in [0.15, 0.2) is 104 Å². The maximum atomic E-state index is 14.0. The van der Waals surface area contributed by atoms with Gasteiger partial charge in [0.1, 0.15) is 28.3 Å². The standard InChI is InChI=1S/C35H25N5O7/c1-45-21-10-4-7-18(13-21)36-32-33(37-19-8-5-11-22(14-19)46-2)39-29-28(38-32)30(41)24-16-26-27(17-25(24)31(29)42)35(44)40(34(26)43)20-9-6-12-23(15-20)47-3/h4-17H,1-3H3,(H,36,38)(H,37,39). The number of anilines is 4. The number of ether oxygens (including phenoxy) is 3. The first-order valence-corrected chi connectivity index (χ1v) is 14.3. The van der Waals surface area contributed by atoms with E-state index in [1.54, 1.807) is 87.0 Å². The highest BCUT2D eigenvalue weighted by Gasteiger charge is 2.22. The number of hydrogen-bond acceptors (Lipinski definition) is 11. The second-order valence-electron chi connectivity index (χ2n) is 10.6. The van der Waals surface area contributed by atoms with Crippen molar-refractivity contribution in [1.82, 2.24) is 14.5 Å². The van der Waals surface area contributed by atoms with Crippen LogP contribution in [0.4, 0.5) is 23.0 Å². The van der Waals surface area contributed by atoms with Gasteiger partial charge in [-0.3, -0.25) is 19.2 Å². The zero-order chi connectivity index (χ0) is 32.8. The zero-order valence-electron chi connectivity index (χ0n) is 25.3. The molecule has 232 valence electrons. The molecule has 5 aromatic carbocycles. The Hall–Kier alpha value is -6.56. The molecule has 2 N–H and O–H groups in total. The third kappa shape index (κ3) is 4.97. The van der Waals surface area contributed by atoms with Crippen LogP contribution >= 0.6 is 0 Å². The summed E-state index contributed by atoms with van der Waals surface area (Å²) in [7, 11) is 4.56. The molecule has 47 heavy (non-hydrogen) atoms. The highest BCUT2D eigenvalue weighted by molar-refractivity contribution is 6.03. The molecule has 0 unspecified atom stereocenters. The number of aromatic nitrogens is 3. The fourth-order valence-electron chi connectivity index (χ4n) is 5.50. The van der Waals surface area contributed by atoms with Crippen LogP contribution in [0.3, 0.4) is 0 Å². The van der Waals surface area contributed by atoms with Gasteiger partial charge in [-0.15, -0.1) is 0 Å². The van der Waals surface area contributed by atoms with E-state index in [1.807, 2.05) is 0 Å². The maximum absolute atomic E-state index is 14.0. The first-order valence-electron chi connectivity index (χ1n) is 14.3. The molecule has 0 saturated heterocycles. The minimum absolute atomic E-state index is 0.000157. The van der Waals surface area contributed by atoms with Gasteiger partial charge in [0.2, 0.25) is 10.9 Å². The maximum Gasteiger partial charge on any atom is 0.266 e. The number of hydrogen-bond donors (Lipinski definition) is 2. The molecule has 0 amide bonds. The molecule has 0 aliphatic rings. The number of nitrogens with one attached hydrogen (secondary N) is 2. The number of methoxy groups -OCH3 is 3. The van der Waals surface area contributed by atoms with Gasteiger partial charge < -0.3 is 24.8 Å². The molecule has 12 heteroatoms. The Labute approximate surface area is 265 Å². The molecular formula is C35H25N5O7. The Balaban J connectivity index is 1.47. The molecule has 0 bridgehead atoms. The molecule has 0 saturated carbocycles. The van der Waals surface area contributed by atoms with E-state index < -0.39 is 22.0 Å². The van der Waals surface area contributed by atoms with Gasteiger partial charge in [0, 0.05) is 40.3 Å².